The van der Waals surface area contributed by atoms with Crippen LogP contribution in [0.4, 0.5) is 0 Å². The largest absolute Gasteiger partial charge is 0.481 e. The number of rotatable bonds is 2. The van der Waals surface area contributed by atoms with E-state index >= 15 is 0 Å². The Morgan fingerprint density at radius 2 is 2.29 bits per heavy atom. The normalized spacial score (nSPS) is 8.00. The van der Waals surface area contributed by atoms with E-state index in [2.05, 4.69) is 0 Å². The van der Waals surface area contributed by atoms with Gasteiger partial charge in [-0.05, 0) is 0 Å². The van der Waals surface area contributed by atoms with Crippen LogP contribution in [0.2, 0.25) is 0 Å². The lowest BCUT2D eigenvalue weighted by Crippen LogP contribution is -2.14. The summed E-state index contributed by atoms with van der Waals surface area (Å²) >= 11 is 0. The van der Waals surface area contributed by atoms with Crippen molar-refractivity contribution in [3.05, 3.63) is 0 Å². The lowest BCUT2D eigenvalue weighted by molar-refractivity contribution is -0.135. The van der Waals surface area contributed by atoms with E-state index in [1.807, 2.05) is 0 Å². The summed E-state index contributed by atoms with van der Waals surface area (Å²) in [5.41, 5.74) is 4.70. The quantitative estimate of drug-likeness (QED) is 0.321. The SMILES string of the molecule is N=C(N)CC(=O)O. The molecule has 0 aliphatic carbocycles. The number of carboxylic acid groups (broad SMARTS) is 1. The molecule has 0 aliphatic rings. The van der Waals surface area contributed by atoms with Crippen molar-refractivity contribution in [2.45, 2.75) is 6.42 Å². The van der Waals surface area contributed by atoms with Crippen molar-refractivity contribution < 1.29 is 9.90 Å². The maximum absolute atomic E-state index is 9.59. The monoisotopic (exact) mass is 102 g/mol. The Balaban J connectivity index is 3.32. The lowest BCUT2D eigenvalue weighted by Gasteiger charge is -1.85. The van der Waals surface area contributed by atoms with E-state index in [1.165, 1.54) is 0 Å². The molecule has 0 saturated heterocycles. The molecule has 0 amide bonds. The minimum absolute atomic E-state index is 0.312. The molecule has 0 bridgehead atoms. The highest BCUT2D eigenvalue weighted by molar-refractivity contribution is 5.93. The van der Waals surface area contributed by atoms with Crippen molar-refractivity contribution >= 4 is 11.8 Å². The van der Waals surface area contributed by atoms with Crippen molar-refractivity contribution in [2.24, 2.45) is 5.73 Å². The number of nitrogens with one attached hydrogen (secondary N) is 1. The van der Waals surface area contributed by atoms with Crippen LogP contribution < -0.4 is 5.73 Å². The summed E-state index contributed by atoms with van der Waals surface area (Å²) in [6.45, 7) is 0. The second-order valence-electron chi connectivity index (χ2n) is 1.10. The minimum atomic E-state index is -1.06. The van der Waals surface area contributed by atoms with Gasteiger partial charge in [0.2, 0.25) is 0 Å². The topological polar surface area (TPSA) is 87.2 Å². The van der Waals surface area contributed by atoms with Crippen molar-refractivity contribution in [3.63, 3.8) is 0 Å². The fourth-order valence-corrected chi connectivity index (χ4v) is 0.163. The summed E-state index contributed by atoms with van der Waals surface area (Å²) in [6.07, 6.45) is -0.361. The molecule has 0 saturated carbocycles. The predicted molar refractivity (Wildman–Crippen MR) is 24.2 cm³/mol. The molecule has 0 unspecified atom stereocenters. The number of carboxylic acids is 1. The molecular weight excluding hydrogens is 96.0 g/mol. The van der Waals surface area contributed by atoms with E-state index in [-0.39, 0.29) is 12.3 Å². The summed E-state index contributed by atoms with van der Waals surface area (Å²) in [6, 6.07) is 0. The van der Waals surface area contributed by atoms with Gasteiger partial charge in [0.15, 0.2) is 0 Å². The number of nitrogens with two attached hydrogens (primary N) is 1. The van der Waals surface area contributed by atoms with Crippen LogP contribution in [0.3, 0.4) is 0 Å². The average Bonchev–Trinajstić information content (AvgIpc) is 1.27. The molecule has 0 aliphatic heterocycles. The van der Waals surface area contributed by atoms with Crippen LogP contribution in [0.25, 0.3) is 0 Å². The van der Waals surface area contributed by atoms with Crippen LogP contribution >= 0.6 is 0 Å². The second kappa shape index (κ2) is 2.17. The predicted octanol–water partition coefficient (Wildman–Crippen LogP) is -0.603. The molecule has 0 fully saturated rings. The zero-order valence-electron chi connectivity index (χ0n) is 3.64. The standard InChI is InChI=1S/C3H6N2O2/c4-2(5)1-3(6)7/h1H2,(H3,4,5)(H,6,7). The maximum Gasteiger partial charge on any atom is 0.310 e. The first-order valence-corrected chi connectivity index (χ1v) is 1.67. The van der Waals surface area contributed by atoms with Gasteiger partial charge in [-0.3, -0.25) is 10.2 Å². The van der Waals surface area contributed by atoms with Crippen LogP contribution in [0, 0.1) is 5.41 Å². The summed E-state index contributed by atoms with van der Waals surface area (Å²) in [7, 11) is 0. The third-order valence-corrected chi connectivity index (χ3v) is 0.342. The molecule has 0 spiro atoms. The summed E-state index contributed by atoms with van der Waals surface area (Å²) < 4.78 is 0. The molecule has 0 aromatic heterocycles. The highest BCUT2D eigenvalue weighted by Crippen LogP contribution is 1.72. The van der Waals surface area contributed by atoms with Crippen LogP contribution in [0.1, 0.15) is 6.42 Å². The number of hydrogen-bond donors (Lipinski definition) is 3. The Kier molecular flexibility index (Phi) is 1.84. The van der Waals surface area contributed by atoms with E-state index in [0.717, 1.165) is 0 Å². The van der Waals surface area contributed by atoms with Crippen molar-refractivity contribution in [1.82, 2.24) is 0 Å². The second-order valence-corrected chi connectivity index (χ2v) is 1.10. The minimum Gasteiger partial charge on any atom is -0.481 e. The van der Waals surface area contributed by atoms with Crippen LogP contribution in [-0.4, -0.2) is 16.9 Å². The Morgan fingerprint density at radius 3 is 2.29 bits per heavy atom. The van der Waals surface area contributed by atoms with E-state index in [1.54, 1.807) is 0 Å². The van der Waals surface area contributed by atoms with Crippen LogP contribution in [0.5, 0.6) is 0 Å². The third-order valence-electron chi connectivity index (χ3n) is 0.342. The Labute approximate surface area is 40.5 Å². The molecule has 0 atom stereocenters. The summed E-state index contributed by atoms with van der Waals surface area (Å²) in [5, 5.41) is 14.3. The number of amidine groups is 1. The van der Waals surface area contributed by atoms with E-state index in [0.29, 0.717) is 0 Å². The fraction of sp³-hybridized carbons (Fsp3) is 0.333. The zero-order valence-corrected chi connectivity index (χ0v) is 3.64. The van der Waals surface area contributed by atoms with E-state index in [4.69, 9.17) is 16.2 Å². The molecule has 0 rings (SSSR count). The highest BCUT2D eigenvalue weighted by Gasteiger charge is 1.95. The van der Waals surface area contributed by atoms with Gasteiger partial charge in [0.1, 0.15) is 12.3 Å². The lowest BCUT2D eigenvalue weighted by atomic mass is 10.4. The maximum atomic E-state index is 9.59. The van der Waals surface area contributed by atoms with Gasteiger partial charge in [0, 0.05) is 0 Å². The van der Waals surface area contributed by atoms with E-state index in [9.17, 15) is 4.79 Å². The molecule has 4 N–H and O–H groups in total. The molecule has 4 nitrogen and oxygen atoms in total. The van der Waals surface area contributed by atoms with Gasteiger partial charge in [-0.1, -0.05) is 0 Å². The Bertz CT molecular complexity index is 87.1. The average molecular weight is 102 g/mol. The molecule has 0 heterocycles. The zero-order chi connectivity index (χ0) is 5.86. The van der Waals surface area contributed by atoms with Gasteiger partial charge in [-0.25, -0.2) is 0 Å². The van der Waals surface area contributed by atoms with E-state index < -0.39 is 5.97 Å². The molecule has 0 aromatic rings. The van der Waals surface area contributed by atoms with Crippen LogP contribution in [0.15, 0.2) is 0 Å². The van der Waals surface area contributed by atoms with Gasteiger partial charge in [0.25, 0.3) is 0 Å². The smallest absolute Gasteiger partial charge is 0.310 e. The first-order valence-electron chi connectivity index (χ1n) is 1.67. The highest BCUT2D eigenvalue weighted by atomic mass is 16.4. The number of hydrogen-bond acceptors (Lipinski definition) is 2. The molecular formula is C3H6N2O2. The molecule has 0 aromatic carbocycles. The van der Waals surface area contributed by atoms with Gasteiger partial charge < -0.3 is 10.8 Å². The van der Waals surface area contributed by atoms with Gasteiger partial charge in [-0.2, -0.15) is 0 Å². The number of carbonyl (C=O) groups is 1. The van der Waals surface area contributed by atoms with Crippen LogP contribution in [-0.2, 0) is 4.79 Å². The van der Waals surface area contributed by atoms with Crippen molar-refractivity contribution in [1.29, 1.82) is 5.41 Å². The first-order chi connectivity index (χ1) is 3.13. The van der Waals surface area contributed by atoms with Crippen molar-refractivity contribution in [3.8, 4) is 0 Å². The van der Waals surface area contributed by atoms with Gasteiger partial charge >= 0.3 is 5.97 Å². The molecule has 4 heteroatoms. The Morgan fingerprint density at radius 1 is 1.86 bits per heavy atom. The Hall–Kier alpha value is -1.06. The van der Waals surface area contributed by atoms with Crippen molar-refractivity contribution in [2.75, 3.05) is 0 Å². The molecule has 40 valence electrons. The molecule has 7 heavy (non-hydrogen) atoms. The first kappa shape index (κ1) is 5.94. The van der Waals surface area contributed by atoms with Gasteiger partial charge in [-0.15, -0.1) is 0 Å². The van der Waals surface area contributed by atoms with Gasteiger partial charge in [0.05, 0.1) is 0 Å². The summed E-state index contributed by atoms with van der Waals surface area (Å²) in [5.74, 6) is -1.37. The fourth-order valence-electron chi connectivity index (χ4n) is 0.163. The third kappa shape index (κ3) is 4.94. The summed E-state index contributed by atoms with van der Waals surface area (Å²) in [4.78, 5) is 9.59. The number of aliphatic carboxylic acids is 1. The molecule has 0 radical (unpaired) electrons.